The third kappa shape index (κ3) is 8.83. The van der Waals surface area contributed by atoms with Crippen molar-refractivity contribution >= 4 is 44.9 Å². The third-order valence-corrected chi connectivity index (χ3v) is 16.1. The highest BCUT2D eigenvalue weighted by molar-refractivity contribution is 7.91. The van der Waals surface area contributed by atoms with Crippen LogP contribution in [0.4, 0.5) is 13.6 Å². The standard InChI is InChI=1S/C43H60F2N6O9S/c1-8-24-16-17-42(6)27(24)12-10-9-11-13-30-36(47-31-20-25(58-7)14-15-29(31)46-30)59-26-21-32(51(23-26)37(53)33(40(2,3)4)48-39(55)60-42)35(52)49-43(22-28(43)34(44)45)38(54)50-61(56,57)41(5)18-19-41/h14-15,20,24,26-28,32-34H,8-13,16-19,21-23H2,1-7H3,(H,48,55)(H,49,52)(H,50,54)/t24?,26-,27-,28+,32+,33-,42-,43-/m1/s1. The number of aryl methyl sites for hydroxylation is 1. The minimum atomic E-state index is -4.24. The Morgan fingerprint density at radius 3 is 2.44 bits per heavy atom. The molecule has 3 heterocycles. The number of nitrogens with zero attached hydrogens (tertiary/aromatic N) is 3. The fourth-order valence-electron chi connectivity index (χ4n) is 9.63. The average Bonchev–Trinajstić information content (AvgIpc) is 4.05. The van der Waals surface area contributed by atoms with E-state index in [2.05, 4.69) is 17.6 Å². The fourth-order valence-corrected chi connectivity index (χ4v) is 10.9. The third-order valence-electron chi connectivity index (χ3n) is 14.0. The van der Waals surface area contributed by atoms with Gasteiger partial charge >= 0.3 is 6.09 Å². The number of alkyl halides is 2. The zero-order chi connectivity index (χ0) is 44.3. The van der Waals surface area contributed by atoms with E-state index in [9.17, 15) is 36.4 Å². The highest BCUT2D eigenvalue weighted by atomic mass is 32.2. The Hall–Kier alpha value is -4.35. The van der Waals surface area contributed by atoms with Gasteiger partial charge in [-0.25, -0.2) is 32.0 Å². The number of nitrogens with one attached hydrogen (secondary N) is 3. The van der Waals surface area contributed by atoms with Crippen LogP contribution in [0.5, 0.6) is 11.6 Å². The first-order valence-electron chi connectivity index (χ1n) is 21.6. The van der Waals surface area contributed by atoms with Crippen LogP contribution in [-0.2, 0) is 35.6 Å². The lowest BCUT2D eigenvalue weighted by Crippen LogP contribution is -2.61. The number of amides is 4. The van der Waals surface area contributed by atoms with Crippen LogP contribution in [-0.4, -0.2) is 101 Å². The lowest BCUT2D eigenvalue weighted by atomic mass is 9.81. The highest BCUT2D eigenvalue weighted by Crippen LogP contribution is 2.50. The zero-order valence-corrected chi connectivity index (χ0v) is 37.0. The maximum Gasteiger partial charge on any atom is 0.408 e. The molecule has 61 heavy (non-hydrogen) atoms. The quantitative estimate of drug-likeness (QED) is 0.300. The first-order chi connectivity index (χ1) is 28.6. The Balaban J connectivity index is 1.25. The molecule has 3 saturated carbocycles. The summed E-state index contributed by atoms with van der Waals surface area (Å²) in [4.78, 5) is 67.9. The number of fused-ring (bicyclic) bond motifs is 5. The molecule has 0 radical (unpaired) electrons. The van der Waals surface area contributed by atoms with Gasteiger partial charge < -0.3 is 29.7 Å². The average molecular weight is 875 g/mol. The van der Waals surface area contributed by atoms with Crippen molar-refractivity contribution in [2.24, 2.45) is 23.2 Å². The molecule has 15 nitrogen and oxygen atoms in total. The van der Waals surface area contributed by atoms with Gasteiger partial charge in [0, 0.05) is 18.4 Å². The molecule has 336 valence electrons. The number of carbonyl (C=O) groups excluding carboxylic acids is 4. The zero-order valence-electron chi connectivity index (χ0n) is 36.1. The van der Waals surface area contributed by atoms with E-state index in [1.165, 1.54) is 18.9 Å². The van der Waals surface area contributed by atoms with Crippen molar-refractivity contribution in [3.05, 3.63) is 23.9 Å². The molecule has 1 saturated heterocycles. The number of aromatic nitrogens is 2. The number of hydrogen-bond donors (Lipinski definition) is 3. The van der Waals surface area contributed by atoms with Crippen LogP contribution in [0.1, 0.15) is 118 Å². The maximum atomic E-state index is 14.9. The summed E-state index contributed by atoms with van der Waals surface area (Å²) in [6, 6.07) is 2.71. The summed E-state index contributed by atoms with van der Waals surface area (Å²) in [5.74, 6) is -3.32. The van der Waals surface area contributed by atoms with E-state index in [1.807, 2.05) is 17.7 Å². The number of ether oxygens (including phenoxy) is 3. The van der Waals surface area contributed by atoms with Crippen molar-refractivity contribution in [2.75, 3.05) is 13.7 Å². The van der Waals surface area contributed by atoms with Gasteiger partial charge in [0.15, 0.2) is 0 Å². The van der Waals surface area contributed by atoms with Crippen molar-refractivity contribution in [1.29, 1.82) is 0 Å². The number of benzene rings is 1. The molecule has 2 aromatic rings. The van der Waals surface area contributed by atoms with Crippen LogP contribution >= 0.6 is 0 Å². The van der Waals surface area contributed by atoms with Crippen molar-refractivity contribution < 1.29 is 50.6 Å². The molecule has 3 aliphatic carbocycles. The van der Waals surface area contributed by atoms with Gasteiger partial charge in [-0.05, 0) is 88.7 Å². The van der Waals surface area contributed by atoms with Crippen LogP contribution in [0.3, 0.4) is 0 Å². The van der Waals surface area contributed by atoms with E-state index >= 15 is 0 Å². The molecule has 4 fully saturated rings. The number of methoxy groups -OCH3 is 1. The predicted molar refractivity (Wildman–Crippen MR) is 220 cm³/mol. The predicted octanol–water partition coefficient (Wildman–Crippen LogP) is 5.58. The summed E-state index contributed by atoms with van der Waals surface area (Å²) in [5.41, 5.74) is -2.23. The Morgan fingerprint density at radius 2 is 1.80 bits per heavy atom. The maximum absolute atomic E-state index is 14.9. The smallest absolute Gasteiger partial charge is 0.408 e. The molecule has 1 aromatic heterocycles. The number of alkyl carbamates (subject to hydrolysis) is 1. The topological polar surface area (TPSA) is 195 Å². The molecular formula is C43H60F2N6O9S. The largest absolute Gasteiger partial charge is 0.497 e. The van der Waals surface area contributed by atoms with E-state index in [-0.39, 0.29) is 24.8 Å². The van der Waals surface area contributed by atoms with Crippen LogP contribution in [0.25, 0.3) is 11.0 Å². The molecule has 8 atom stereocenters. The van der Waals surface area contributed by atoms with Crippen molar-refractivity contribution in [3.8, 4) is 11.6 Å². The summed E-state index contributed by atoms with van der Waals surface area (Å²) in [5, 5.41) is 5.30. The Kier molecular flexibility index (Phi) is 12.0. The highest BCUT2D eigenvalue weighted by Gasteiger charge is 2.67. The van der Waals surface area contributed by atoms with Crippen LogP contribution in [0.15, 0.2) is 18.2 Å². The first kappa shape index (κ1) is 44.7. The molecule has 3 N–H and O–H groups in total. The molecular weight excluding hydrogens is 815 g/mol. The lowest BCUT2D eigenvalue weighted by molar-refractivity contribution is -0.143. The van der Waals surface area contributed by atoms with Crippen molar-refractivity contribution in [2.45, 2.75) is 159 Å². The summed E-state index contributed by atoms with van der Waals surface area (Å²) in [7, 11) is -2.70. The van der Waals surface area contributed by atoms with Crippen LogP contribution < -0.4 is 24.8 Å². The molecule has 2 bridgehead atoms. The van der Waals surface area contributed by atoms with Gasteiger partial charge in [0.25, 0.3) is 5.91 Å². The van der Waals surface area contributed by atoms with E-state index < -0.39 is 92.1 Å². The summed E-state index contributed by atoms with van der Waals surface area (Å²) in [6.07, 6.45) is 1.60. The van der Waals surface area contributed by atoms with Gasteiger partial charge in [-0.1, -0.05) is 47.0 Å². The van der Waals surface area contributed by atoms with Crippen molar-refractivity contribution in [3.63, 3.8) is 0 Å². The van der Waals surface area contributed by atoms with Crippen LogP contribution in [0.2, 0.25) is 0 Å². The molecule has 7 rings (SSSR count). The normalized spacial score (nSPS) is 31.7. The van der Waals surface area contributed by atoms with Gasteiger partial charge in [0.1, 0.15) is 40.8 Å². The Morgan fingerprint density at radius 1 is 1.07 bits per heavy atom. The lowest BCUT2D eigenvalue weighted by Gasteiger charge is -2.38. The van der Waals surface area contributed by atoms with Gasteiger partial charge in [0.2, 0.25) is 34.1 Å². The Labute approximate surface area is 356 Å². The number of rotatable bonds is 8. The van der Waals surface area contributed by atoms with Gasteiger partial charge in [0.05, 0.1) is 35.4 Å². The second-order valence-corrected chi connectivity index (χ2v) is 21.6. The van der Waals surface area contributed by atoms with Gasteiger partial charge in [-0.15, -0.1) is 0 Å². The van der Waals surface area contributed by atoms with Crippen LogP contribution in [0, 0.1) is 23.2 Å². The molecule has 5 aliphatic rings. The van der Waals surface area contributed by atoms with Gasteiger partial charge in [-0.3, -0.25) is 19.1 Å². The molecule has 1 aromatic carbocycles. The SMILES string of the molecule is CCC1CC[C@@]2(C)OC(=O)N[C@@H](C(C)(C)C)C(=O)N3C[C@@H](C[C@H]3C(=O)N[C@]3(C(=O)NS(=O)(=O)C4(C)CC4)C[C@H]3C(F)F)Oc3nc4cc(OC)ccc4nc3CCCCC[C@H]12. The van der Waals surface area contributed by atoms with E-state index in [4.69, 9.17) is 24.2 Å². The molecule has 1 unspecified atom stereocenters. The number of hydrogen-bond acceptors (Lipinski definition) is 11. The summed E-state index contributed by atoms with van der Waals surface area (Å²) >= 11 is 0. The van der Waals surface area contributed by atoms with Gasteiger partial charge in [-0.2, -0.15) is 0 Å². The second-order valence-electron chi connectivity index (χ2n) is 19.4. The fraction of sp³-hybridized carbons (Fsp3) is 0.721. The molecule has 4 amide bonds. The minimum absolute atomic E-state index is 0.0961. The number of carbonyl (C=O) groups is 4. The van der Waals surface area contributed by atoms with E-state index in [0.29, 0.717) is 54.1 Å². The monoisotopic (exact) mass is 874 g/mol. The second kappa shape index (κ2) is 16.4. The van der Waals surface area contributed by atoms with E-state index in [0.717, 1.165) is 38.5 Å². The summed E-state index contributed by atoms with van der Waals surface area (Å²) in [6.45, 7) is 10.7. The molecule has 0 spiro atoms. The van der Waals surface area contributed by atoms with E-state index in [1.54, 1.807) is 32.9 Å². The molecule has 18 heteroatoms. The number of sulfonamides is 1. The summed E-state index contributed by atoms with van der Waals surface area (Å²) < 4.78 is 73.8. The minimum Gasteiger partial charge on any atom is -0.497 e. The number of halogens is 2. The van der Waals surface area contributed by atoms with Crippen molar-refractivity contribution in [1.82, 2.24) is 30.2 Å². The molecule has 2 aliphatic heterocycles. The Bertz CT molecular complexity index is 2170. The first-order valence-corrected chi connectivity index (χ1v) is 23.1.